The molecule has 9 heavy (non-hydrogen) atoms. The molecule has 0 aromatic heterocycles. The summed E-state index contributed by atoms with van der Waals surface area (Å²) in [5.74, 6) is 0. The van der Waals surface area contributed by atoms with Crippen molar-refractivity contribution in [2.24, 2.45) is 0 Å². The van der Waals surface area contributed by atoms with Crippen LogP contribution < -0.4 is 19.2 Å². The summed E-state index contributed by atoms with van der Waals surface area (Å²) in [6.45, 7) is 0. The maximum absolute atomic E-state index is 8.58. The van der Waals surface area contributed by atoms with Crippen molar-refractivity contribution < 1.29 is 23.0 Å². The van der Waals surface area contributed by atoms with E-state index in [1.165, 1.54) is 0 Å². The summed E-state index contributed by atoms with van der Waals surface area (Å²) >= 11 is 0.125. The van der Waals surface area contributed by atoms with Gasteiger partial charge in [-0.25, -0.2) is 0 Å². The average molecular weight is 332 g/mol. The van der Waals surface area contributed by atoms with Gasteiger partial charge >= 0.3 is 55.4 Å². The monoisotopic (exact) mass is 336 g/mol. The maximum atomic E-state index is 8.58. The van der Waals surface area contributed by atoms with Gasteiger partial charge in [0.25, 0.3) is 0 Å². The van der Waals surface area contributed by atoms with E-state index in [0.29, 0.717) is 0 Å². The van der Waals surface area contributed by atoms with Gasteiger partial charge in [-0.2, -0.15) is 0 Å². The minimum absolute atomic E-state index is 0. The molecule has 0 saturated heterocycles. The first kappa shape index (κ1) is 22.4. The Balaban J connectivity index is -0.0000000286. The summed E-state index contributed by atoms with van der Waals surface area (Å²) in [5.41, 5.74) is 0. The van der Waals surface area contributed by atoms with Gasteiger partial charge in [0, 0.05) is 0 Å². The van der Waals surface area contributed by atoms with Gasteiger partial charge < -0.3 is 28.2 Å². The third-order valence-corrected chi connectivity index (χ3v) is 0. The molecule has 0 aliphatic rings. The molecule has 0 rings (SSSR count). The average Bonchev–Trinajstić information content (AvgIpc) is 1.36. The first-order valence-electron chi connectivity index (χ1n) is 1.11. The second-order valence-electron chi connectivity index (χ2n) is 0.500. The van der Waals surface area contributed by atoms with Crippen molar-refractivity contribution in [1.29, 1.82) is 0 Å². The van der Waals surface area contributed by atoms with Gasteiger partial charge in [0.15, 0.2) is 0 Å². The molecule has 0 bridgehead atoms. The number of rotatable bonds is 0. The molecule has 0 saturated carbocycles. The van der Waals surface area contributed by atoms with Gasteiger partial charge in [-0.05, 0) is 0 Å². The molecular formula is H6Ge3O5Si. The molecule has 0 fully saturated rings. The second-order valence-corrected chi connectivity index (χ2v) is 1.50. The summed E-state index contributed by atoms with van der Waals surface area (Å²) in [7, 11) is -5.61. The van der Waals surface area contributed by atoms with Crippen molar-refractivity contribution in [3.05, 3.63) is 0 Å². The van der Waals surface area contributed by atoms with Gasteiger partial charge in [0.2, 0.25) is 0 Å². The van der Waals surface area contributed by atoms with Crippen LogP contribution in [0, 0.1) is 0 Å². The van der Waals surface area contributed by atoms with E-state index >= 15 is 0 Å². The first-order chi connectivity index (χ1) is 3.00. The van der Waals surface area contributed by atoms with E-state index < -0.39 is 9.05 Å². The van der Waals surface area contributed by atoms with Gasteiger partial charge in [-0.1, -0.05) is 0 Å². The zero-order chi connectivity index (χ0) is 6.50. The van der Waals surface area contributed by atoms with Crippen LogP contribution in [-0.2, 0) is 3.78 Å². The predicted molar refractivity (Wildman–Crippen MR) is 32.1 cm³/mol. The Bertz CT molecular complexity index is 36.0. The van der Waals surface area contributed by atoms with Crippen LogP contribution in [0.5, 0.6) is 0 Å². The molecule has 0 N–H and O–H groups in total. The topological polar surface area (TPSA) is 109 Å². The third kappa shape index (κ3) is 241. The molecule has 0 amide bonds. The molecule has 0 aliphatic carbocycles. The van der Waals surface area contributed by atoms with Crippen LogP contribution in [0.2, 0.25) is 0 Å². The van der Waals surface area contributed by atoms with E-state index in [9.17, 15) is 0 Å². The van der Waals surface area contributed by atoms with Gasteiger partial charge in [0.1, 0.15) is 0 Å². The van der Waals surface area contributed by atoms with Gasteiger partial charge in [-0.15, -0.1) is 0 Å². The van der Waals surface area contributed by atoms with Crippen LogP contribution in [0.15, 0.2) is 0 Å². The Hall–Kier alpha value is 1.49. The zero-order valence-electron chi connectivity index (χ0n) is 4.66. The van der Waals surface area contributed by atoms with Crippen molar-refractivity contribution in [3.8, 4) is 0 Å². The van der Waals surface area contributed by atoms with Crippen LogP contribution in [0.3, 0.4) is 0 Å². The molecule has 9 heteroatoms. The molecule has 0 heterocycles. The van der Waals surface area contributed by atoms with Crippen LogP contribution >= 0.6 is 0 Å². The molecule has 0 radical (unpaired) electrons. The Kier molecular flexibility index (Phi) is 30.4. The van der Waals surface area contributed by atoms with Crippen LogP contribution in [0.1, 0.15) is 0 Å². The van der Waals surface area contributed by atoms with Gasteiger partial charge in [-0.3, -0.25) is 0 Å². The number of hydrogen-bond donors (Lipinski definition) is 0. The molecule has 0 unspecified atom stereocenters. The number of hydrogen-bond acceptors (Lipinski definition) is 5. The zero-order valence-corrected chi connectivity index (χ0v) is 14.6. The SMILES string of the molecule is [GeH2+2].[GeH2+2].[O-][Si]([O-])([O-])[O-].[O]=[GeH2]. The van der Waals surface area contributed by atoms with Crippen molar-refractivity contribution in [1.82, 2.24) is 0 Å². The van der Waals surface area contributed by atoms with E-state index in [1.807, 2.05) is 0 Å². The fraction of sp³-hybridized carbons (Fsp3) is 0. The molecule has 0 aromatic rings. The van der Waals surface area contributed by atoms with E-state index in [0.717, 1.165) is 0 Å². The van der Waals surface area contributed by atoms with Crippen molar-refractivity contribution in [2.45, 2.75) is 0 Å². The summed E-state index contributed by atoms with van der Waals surface area (Å²) in [4.78, 5) is 34.3. The van der Waals surface area contributed by atoms with Crippen molar-refractivity contribution in [3.63, 3.8) is 0 Å². The molecule has 52 valence electrons. The van der Waals surface area contributed by atoms with E-state index in [2.05, 4.69) is 0 Å². The normalized spacial score (nSPS) is 7.11. The standard InChI is InChI=1S/GeH2O.2GeH2.O4Si/c1-2;;;1-5(2,3)4/h1H2;2*1H2;/q;2*+2;-4. The summed E-state index contributed by atoms with van der Waals surface area (Å²) in [5, 5.41) is 0. The Morgan fingerprint density at radius 3 is 0.889 bits per heavy atom. The molecule has 0 atom stereocenters. The van der Waals surface area contributed by atoms with Gasteiger partial charge in [0.05, 0.1) is 0 Å². The quantitative estimate of drug-likeness (QED) is 0.409. The van der Waals surface area contributed by atoms with E-state index in [-0.39, 0.29) is 51.6 Å². The van der Waals surface area contributed by atoms with Crippen molar-refractivity contribution in [2.75, 3.05) is 0 Å². The molecular weight excluding hydrogens is 326 g/mol. The Labute approximate surface area is 83.4 Å². The van der Waals surface area contributed by atoms with E-state index in [4.69, 9.17) is 23.0 Å². The fourth-order valence-electron chi connectivity index (χ4n) is 0. The fourth-order valence-corrected chi connectivity index (χ4v) is 0. The Morgan fingerprint density at radius 1 is 0.889 bits per heavy atom. The molecule has 0 aromatic carbocycles. The first-order valence-corrected chi connectivity index (χ1v) is 3.95. The van der Waals surface area contributed by atoms with Crippen LogP contribution in [0.25, 0.3) is 0 Å². The molecule has 0 spiro atoms. The van der Waals surface area contributed by atoms with Crippen LogP contribution in [0.4, 0.5) is 0 Å². The van der Waals surface area contributed by atoms with E-state index in [1.54, 1.807) is 0 Å². The Morgan fingerprint density at radius 2 is 0.889 bits per heavy atom. The minimum atomic E-state index is -5.61. The predicted octanol–water partition coefficient (Wildman–Crippen LogP) is -8.00. The molecule has 0 aliphatic heterocycles. The summed E-state index contributed by atoms with van der Waals surface area (Å²) in [6, 6.07) is 0. The van der Waals surface area contributed by atoms with Crippen LogP contribution in [-0.4, -0.2) is 60.7 Å². The second kappa shape index (κ2) is 12.2. The summed E-state index contributed by atoms with van der Waals surface area (Å²) < 4.78 is 8.38. The molecule has 5 nitrogen and oxygen atoms in total. The summed E-state index contributed by atoms with van der Waals surface area (Å²) in [6.07, 6.45) is 0. The van der Waals surface area contributed by atoms with Crippen molar-refractivity contribution >= 4 is 60.7 Å². The third-order valence-electron chi connectivity index (χ3n) is 0.